The van der Waals surface area contributed by atoms with Gasteiger partial charge in [0.15, 0.2) is 0 Å². The number of aromatic hydroxyl groups is 1. The average Bonchev–Trinajstić information content (AvgIpc) is 2.37. The standard InChI is InChI=1S/C9H13N3O2/c1-5-6(13)10-8-11-9(2,3)4-12(8)7(5)14/h13H,4H2,1-3H3,(H,10,11). The summed E-state index contributed by atoms with van der Waals surface area (Å²) in [6.45, 7) is 6.11. The first kappa shape index (κ1) is 9.05. The van der Waals surface area contributed by atoms with Gasteiger partial charge in [-0.1, -0.05) is 0 Å². The van der Waals surface area contributed by atoms with E-state index in [1.807, 2.05) is 13.8 Å². The van der Waals surface area contributed by atoms with E-state index in [0.29, 0.717) is 18.1 Å². The molecule has 2 rings (SSSR count). The largest absolute Gasteiger partial charge is 0.493 e. The van der Waals surface area contributed by atoms with Crippen LogP contribution in [0.4, 0.5) is 5.95 Å². The predicted molar refractivity (Wildman–Crippen MR) is 52.6 cm³/mol. The number of fused-ring (bicyclic) bond motifs is 1. The molecule has 0 unspecified atom stereocenters. The summed E-state index contributed by atoms with van der Waals surface area (Å²) in [6, 6.07) is 0. The van der Waals surface area contributed by atoms with E-state index in [-0.39, 0.29) is 17.0 Å². The molecule has 1 aromatic rings. The Morgan fingerprint density at radius 1 is 1.57 bits per heavy atom. The van der Waals surface area contributed by atoms with E-state index in [1.165, 1.54) is 0 Å². The minimum atomic E-state index is -0.188. The molecule has 1 aromatic heterocycles. The average molecular weight is 195 g/mol. The maximum Gasteiger partial charge on any atom is 0.261 e. The number of hydrogen-bond acceptors (Lipinski definition) is 4. The van der Waals surface area contributed by atoms with Gasteiger partial charge in [-0.3, -0.25) is 9.36 Å². The van der Waals surface area contributed by atoms with Crippen LogP contribution >= 0.6 is 0 Å². The van der Waals surface area contributed by atoms with Gasteiger partial charge in [0.25, 0.3) is 5.56 Å². The molecule has 5 heteroatoms. The smallest absolute Gasteiger partial charge is 0.261 e. The van der Waals surface area contributed by atoms with Crippen LogP contribution in [-0.2, 0) is 6.54 Å². The van der Waals surface area contributed by atoms with Gasteiger partial charge in [-0.25, -0.2) is 0 Å². The molecule has 0 aromatic carbocycles. The molecule has 0 spiro atoms. The van der Waals surface area contributed by atoms with Gasteiger partial charge in [0.1, 0.15) is 0 Å². The summed E-state index contributed by atoms with van der Waals surface area (Å²) in [5.41, 5.74) is -0.0572. The first-order chi connectivity index (χ1) is 6.41. The Bertz CT molecular complexity index is 448. The lowest BCUT2D eigenvalue weighted by Crippen LogP contribution is -2.29. The highest BCUT2D eigenvalue weighted by molar-refractivity contribution is 5.39. The molecular formula is C9H13N3O2. The molecule has 0 amide bonds. The highest BCUT2D eigenvalue weighted by Crippen LogP contribution is 2.24. The normalized spacial score (nSPS) is 17.6. The highest BCUT2D eigenvalue weighted by Gasteiger charge is 2.30. The zero-order valence-electron chi connectivity index (χ0n) is 8.46. The summed E-state index contributed by atoms with van der Waals surface area (Å²) in [5, 5.41) is 12.4. The second-order valence-electron chi connectivity index (χ2n) is 4.28. The van der Waals surface area contributed by atoms with Crippen molar-refractivity contribution in [2.45, 2.75) is 32.9 Å². The van der Waals surface area contributed by atoms with Crippen molar-refractivity contribution >= 4 is 5.95 Å². The molecule has 1 aliphatic heterocycles. The van der Waals surface area contributed by atoms with Gasteiger partial charge in [-0.05, 0) is 20.8 Å². The summed E-state index contributed by atoms with van der Waals surface area (Å²) in [4.78, 5) is 15.6. The van der Waals surface area contributed by atoms with Crippen molar-refractivity contribution in [1.82, 2.24) is 9.55 Å². The number of aromatic nitrogens is 2. The van der Waals surface area contributed by atoms with Gasteiger partial charge in [-0.15, -0.1) is 0 Å². The molecule has 0 aliphatic carbocycles. The third kappa shape index (κ3) is 1.16. The Kier molecular flexibility index (Phi) is 1.61. The molecule has 2 N–H and O–H groups in total. The van der Waals surface area contributed by atoms with Crippen LogP contribution in [-0.4, -0.2) is 20.2 Å². The second-order valence-corrected chi connectivity index (χ2v) is 4.28. The van der Waals surface area contributed by atoms with E-state index in [9.17, 15) is 9.90 Å². The minimum Gasteiger partial charge on any atom is -0.493 e. The number of anilines is 1. The van der Waals surface area contributed by atoms with Crippen LogP contribution in [0.5, 0.6) is 5.88 Å². The summed E-state index contributed by atoms with van der Waals surface area (Å²) in [5.74, 6) is 0.259. The van der Waals surface area contributed by atoms with Crippen LogP contribution in [0.15, 0.2) is 4.79 Å². The van der Waals surface area contributed by atoms with Crippen LogP contribution in [0.3, 0.4) is 0 Å². The van der Waals surface area contributed by atoms with Gasteiger partial charge < -0.3 is 10.4 Å². The van der Waals surface area contributed by atoms with Crippen molar-refractivity contribution in [2.75, 3.05) is 5.32 Å². The summed E-state index contributed by atoms with van der Waals surface area (Å²) in [7, 11) is 0. The maximum atomic E-state index is 11.7. The first-order valence-corrected chi connectivity index (χ1v) is 4.49. The number of hydrogen-bond donors (Lipinski definition) is 2. The van der Waals surface area contributed by atoms with E-state index in [4.69, 9.17) is 0 Å². The topological polar surface area (TPSA) is 67.2 Å². The van der Waals surface area contributed by atoms with Crippen molar-refractivity contribution in [3.8, 4) is 5.88 Å². The van der Waals surface area contributed by atoms with Crippen molar-refractivity contribution < 1.29 is 5.11 Å². The van der Waals surface area contributed by atoms with E-state index >= 15 is 0 Å². The van der Waals surface area contributed by atoms with Crippen LogP contribution < -0.4 is 10.9 Å². The Balaban J connectivity index is 2.65. The molecule has 0 atom stereocenters. The Hall–Kier alpha value is -1.52. The van der Waals surface area contributed by atoms with Gasteiger partial charge >= 0.3 is 0 Å². The molecule has 0 fully saturated rings. The summed E-state index contributed by atoms with van der Waals surface area (Å²) < 4.78 is 1.55. The fourth-order valence-corrected chi connectivity index (χ4v) is 1.62. The van der Waals surface area contributed by atoms with Crippen LogP contribution in [0.1, 0.15) is 19.4 Å². The van der Waals surface area contributed by atoms with E-state index in [0.717, 1.165) is 0 Å². The Morgan fingerprint density at radius 3 is 2.86 bits per heavy atom. The highest BCUT2D eigenvalue weighted by atomic mass is 16.3. The molecule has 0 saturated carbocycles. The van der Waals surface area contributed by atoms with E-state index in [1.54, 1.807) is 11.5 Å². The Labute approximate surface area is 81.4 Å². The van der Waals surface area contributed by atoms with Crippen LogP contribution in [0, 0.1) is 6.92 Å². The fraction of sp³-hybridized carbons (Fsp3) is 0.556. The van der Waals surface area contributed by atoms with Crippen molar-refractivity contribution in [3.63, 3.8) is 0 Å². The van der Waals surface area contributed by atoms with Crippen molar-refractivity contribution in [3.05, 3.63) is 15.9 Å². The minimum absolute atomic E-state index is 0.175. The number of rotatable bonds is 0. The first-order valence-electron chi connectivity index (χ1n) is 4.49. The van der Waals surface area contributed by atoms with Crippen molar-refractivity contribution in [2.24, 2.45) is 0 Å². The quantitative estimate of drug-likeness (QED) is 0.631. The zero-order valence-corrected chi connectivity index (χ0v) is 8.46. The molecule has 0 radical (unpaired) electrons. The molecule has 2 heterocycles. The van der Waals surface area contributed by atoms with Gasteiger partial charge in [0.05, 0.1) is 17.6 Å². The molecule has 0 bridgehead atoms. The third-order valence-corrected chi connectivity index (χ3v) is 2.37. The van der Waals surface area contributed by atoms with Gasteiger partial charge in [0.2, 0.25) is 11.8 Å². The third-order valence-electron chi connectivity index (χ3n) is 2.37. The lowest BCUT2D eigenvalue weighted by molar-refractivity contribution is 0.443. The number of nitrogens with one attached hydrogen (secondary N) is 1. The van der Waals surface area contributed by atoms with Gasteiger partial charge in [-0.2, -0.15) is 4.98 Å². The van der Waals surface area contributed by atoms with Crippen molar-refractivity contribution in [1.29, 1.82) is 0 Å². The molecule has 0 saturated heterocycles. The zero-order chi connectivity index (χ0) is 10.5. The molecular weight excluding hydrogens is 182 g/mol. The fourth-order valence-electron chi connectivity index (χ4n) is 1.62. The summed E-state index contributed by atoms with van der Waals surface area (Å²) in [6.07, 6.45) is 0. The maximum absolute atomic E-state index is 11.7. The van der Waals surface area contributed by atoms with Gasteiger partial charge in [0, 0.05) is 0 Å². The van der Waals surface area contributed by atoms with Crippen LogP contribution in [0.25, 0.3) is 0 Å². The molecule has 5 nitrogen and oxygen atoms in total. The van der Waals surface area contributed by atoms with E-state index in [2.05, 4.69) is 10.3 Å². The lowest BCUT2D eigenvalue weighted by atomic mass is 10.1. The summed E-state index contributed by atoms with van der Waals surface area (Å²) >= 11 is 0. The number of nitrogens with zero attached hydrogens (tertiary/aromatic N) is 2. The molecule has 1 aliphatic rings. The lowest BCUT2D eigenvalue weighted by Gasteiger charge is -2.15. The van der Waals surface area contributed by atoms with E-state index < -0.39 is 0 Å². The van der Waals surface area contributed by atoms with Crippen LogP contribution in [0.2, 0.25) is 0 Å². The SMILES string of the molecule is Cc1c(O)nc2n(c1=O)CC(C)(C)N2. The second kappa shape index (κ2) is 2.50. The molecule has 76 valence electrons. The monoisotopic (exact) mass is 195 g/mol. The molecule has 14 heavy (non-hydrogen) atoms. The predicted octanol–water partition coefficient (Wildman–Crippen LogP) is 0.461. The Morgan fingerprint density at radius 2 is 2.21 bits per heavy atom.